The van der Waals surface area contributed by atoms with Gasteiger partial charge in [-0.2, -0.15) is 0 Å². The van der Waals surface area contributed by atoms with E-state index in [-0.39, 0.29) is 5.91 Å². The minimum atomic E-state index is -0.131. The van der Waals surface area contributed by atoms with Gasteiger partial charge >= 0.3 is 0 Å². The molecule has 1 heterocycles. The molecule has 106 valence electrons. The Hall–Kier alpha value is -1.36. The molecular weight excluding hydrogens is 370 g/mol. The molecule has 1 aromatic heterocycles. The molecule has 0 radical (unpaired) electrons. The van der Waals surface area contributed by atoms with Crippen LogP contribution in [0.2, 0.25) is 5.02 Å². The monoisotopic (exact) mass is 379 g/mol. The van der Waals surface area contributed by atoms with Gasteiger partial charge in [-0.05, 0) is 46.6 Å². The minimum Gasteiger partial charge on any atom is -0.321 e. The summed E-state index contributed by atoms with van der Waals surface area (Å²) in [5, 5.41) is 6.38. The highest BCUT2D eigenvalue weighted by Crippen LogP contribution is 2.31. The van der Waals surface area contributed by atoms with Gasteiger partial charge in [-0.1, -0.05) is 29.8 Å². The molecule has 0 spiro atoms. The number of anilines is 1. The van der Waals surface area contributed by atoms with Crippen LogP contribution in [0.5, 0.6) is 0 Å². The Bertz CT molecular complexity index is 843. The van der Waals surface area contributed by atoms with E-state index in [2.05, 4.69) is 21.2 Å². The number of fused-ring (bicyclic) bond motifs is 1. The van der Waals surface area contributed by atoms with E-state index in [4.69, 9.17) is 11.6 Å². The van der Waals surface area contributed by atoms with Gasteiger partial charge < -0.3 is 5.32 Å². The number of hydrogen-bond donors (Lipinski definition) is 1. The van der Waals surface area contributed by atoms with E-state index in [0.717, 1.165) is 20.1 Å². The third-order valence-corrected chi connectivity index (χ3v) is 5.25. The molecule has 21 heavy (non-hydrogen) atoms. The lowest BCUT2D eigenvalue weighted by Crippen LogP contribution is -2.11. The first-order valence-corrected chi connectivity index (χ1v) is 8.34. The fourth-order valence-corrected chi connectivity index (χ4v) is 3.75. The average Bonchev–Trinajstić information content (AvgIpc) is 2.88. The van der Waals surface area contributed by atoms with Crippen LogP contribution < -0.4 is 5.32 Å². The van der Waals surface area contributed by atoms with E-state index in [1.165, 1.54) is 0 Å². The second-order valence-electron chi connectivity index (χ2n) is 4.68. The first-order chi connectivity index (χ1) is 10.1. The van der Waals surface area contributed by atoms with Crippen molar-refractivity contribution in [2.24, 2.45) is 0 Å². The van der Waals surface area contributed by atoms with E-state index in [0.29, 0.717) is 16.3 Å². The zero-order chi connectivity index (χ0) is 15.0. The summed E-state index contributed by atoms with van der Waals surface area (Å²) < 4.78 is 1.92. The number of benzene rings is 2. The largest absolute Gasteiger partial charge is 0.321 e. The topological polar surface area (TPSA) is 29.1 Å². The van der Waals surface area contributed by atoms with Crippen LogP contribution in [0, 0.1) is 6.92 Å². The predicted molar refractivity (Wildman–Crippen MR) is 93.7 cm³/mol. The van der Waals surface area contributed by atoms with Gasteiger partial charge in [0.2, 0.25) is 0 Å². The van der Waals surface area contributed by atoms with Crippen molar-refractivity contribution < 1.29 is 4.79 Å². The van der Waals surface area contributed by atoms with Crippen LogP contribution in [0.15, 0.2) is 46.3 Å². The molecule has 0 fully saturated rings. The Morgan fingerprint density at radius 2 is 2.05 bits per heavy atom. The fraction of sp³-hybridized carbons (Fsp3) is 0.0625. The van der Waals surface area contributed by atoms with Gasteiger partial charge in [-0.3, -0.25) is 4.79 Å². The van der Waals surface area contributed by atoms with Crippen molar-refractivity contribution in [1.82, 2.24) is 0 Å². The number of halogens is 2. The van der Waals surface area contributed by atoms with E-state index < -0.39 is 0 Å². The summed E-state index contributed by atoms with van der Waals surface area (Å²) in [4.78, 5) is 12.5. The molecule has 2 nitrogen and oxygen atoms in total. The Kier molecular flexibility index (Phi) is 4.02. The normalized spacial score (nSPS) is 10.8. The third-order valence-electron chi connectivity index (χ3n) is 3.22. The first-order valence-electron chi connectivity index (χ1n) is 6.29. The lowest BCUT2D eigenvalue weighted by Gasteiger charge is -2.09. The summed E-state index contributed by atoms with van der Waals surface area (Å²) in [5.41, 5.74) is 2.31. The Balaban J connectivity index is 1.95. The van der Waals surface area contributed by atoms with Crippen molar-refractivity contribution >= 4 is 60.5 Å². The fourth-order valence-electron chi connectivity index (χ4n) is 2.09. The standard InChI is InChI=1S/C16H11BrClNOS/c1-9-6-12(17)14(7-13(9)18)19-16(20)11-8-21-15-5-3-2-4-10(11)15/h2-8H,1H3,(H,19,20). The number of carbonyl (C=O) groups excluding carboxylic acids is 1. The molecule has 5 heteroatoms. The summed E-state index contributed by atoms with van der Waals surface area (Å²) in [6, 6.07) is 11.5. The van der Waals surface area contributed by atoms with Crippen LogP contribution in [-0.4, -0.2) is 5.91 Å². The van der Waals surface area contributed by atoms with Crippen molar-refractivity contribution in [3.8, 4) is 0 Å². The highest BCUT2D eigenvalue weighted by Gasteiger charge is 2.14. The minimum absolute atomic E-state index is 0.131. The van der Waals surface area contributed by atoms with E-state index in [1.54, 1.807) is 17.4 Å². The summed E-state index contributed by atoms with van der Waals surface area (Å²) in [6.07, 6.45) is 0. The van der Waals surface area contributed by atoms with Crippen molar-refractivity contribution in [3.05, 3.63) is 62.4 Å². The lowest BCUT2D eigenvalue weighted by molar-refractivity contribution is 0.102. The number of carbonyl (C=O) groups is 1. The van der Waals surface area contributed by atoms with Crippen LogP contribution in [0.3, 0.4) is 0 Å². The maximum absolute atomic E-state index is 12.5. The van der Waals surface area contributed by atoms with Gasteiger partial charge in [-0.15, -0.1) is 11.3 Å². The molecule has 0 aliphatic carbocycles. The van der Waals surface area contributed by atoms with Gasteiger partial charge in [-0.25, -0.2) is 0 Å². The van der Waals surface area contributed by atoms with Crippen LogP contribution in [-0.2, 0) is 0 Å². The second-order valence-corrected chi connectivity index (χ2v) is 6.85. The summed E-state index contributed by atoms with van der Waals surface area (Å²) in [7, 11) is 0. The van der Waals surface area contributed by atoms with Gasteiger partial charge in [0, 0.05) is 25.0 Å². The number of rotatable bonds is 2. The van der Waals surface area contributed by atoms with Crippen LogP contribution in [0.4, 0.5) is 5.69 Å². The summed E-state index contributed by atoms with van der Waals surface area (Å²) >= 11 is 11.1. The van der Waals surface area contributed by atoms with Crippen molar-refractivity contribution in [1.29, 1.82) is 0 Å². The molecule has 0 aliphatic rings. The van der Waals surface area contributed by atoms with E-state index in [1.807, 2.05) is 42.6 Å². The van der Waals surface area contributed by atoms with Crippen LogP contribution >= 0.6 is 38.9 Å². The Morgan fingerprint density at radius 1 is 1.29 bits per heavy atom. The van der Waals surface area contributed by atoms with Gasteiger partial charge in [0.25, 0.3) is 5.91 Å². The Morgan fingerprint density at radius 3 is 2.86 bits per heavy atom. The third kappa shape index (κ3) is 2.84. The van der Waals surface area contributed by atoms with Gasteiger partial charge in [0.15, 0.2) is 0 Å². The molecule has 2 aromatic carbocycles. The van der Waals surface area contributed by atoms with E-state index >= 15 is 0 Å². The number of hydrogen-bond acceptors (Lipinski definition) is 2. The Labute approximate surface area is 139 Å². The molecule has 0 saturated carbocycles. The highest BCUT2D eigenvalue weighted by atomic mass is 79.9. The smallest absolute Gasteiger partial charge is 0.257 e. The number of aryl methyl sites for hydroxylation is 1. The average molecular weight is 381 g/mol. The maximum Gasteiger partial charge on any atom is 0.257 e. The molecular formula is C16H11BrClNOS. The molecule has 0 bridgehead atoms. The SMILES string of the molecule is Cc1cc(Br)c(NC(=O)c2csc3ccccc23)cc1Cl. The zero-order valence-electron chi connectivity index (χ0n) is 11.1. The lowest BCUT2D eigenvalue weighted by atomic mass is 10.1. The number of amides is 1. The molecule has 1 N–H and O–H groups in total. The molecule has 0 atom stereocenters. The second kappa shape index (κ2) is 5.79. The van der Waals surface area contributed by atoms with Gasteiger partial charge in [0.05, 0.1) is 11.3 Å². The first kappa shape index (κ1) is 14.6. The summed E-state index contributed by atoms with van der Waals surface area (Å²) in [6.45, 7) is 1.92. The molecule has 0 saturated heterocycles. The van der Waals surface area contributed by atoms with Gasteiger partial charge in [0.1, 0.15) is 0 Å². The van der Waals surface area contributed by atoms with Crippen LogP contribution in [0.1, 0.15) is 15.9 Å². The number of nitrogens with one attached hydrogen (secondary N) is 1. The van der Waals surface area contributed by atoms with Crippen molar-refractivity contribution in [2.75, 3.05) is 5.32 Å². The number of thiophene rings is 1. The quantitative estimate of drug-likeness (QED) is 0.591. The summed E-state index contributed by atoms with van der Waals surface area (Å²) in [5.74, 6) is -0.131. The van der Waals surface area contributed by atoms with Crippen LogP contribution in [0.25, 0.3) is 10.1 Å². The van der Waals surface area contributed by atoms with Crippen molar-refractivity contribution in [3.63, 3.8) is 0 Å². The molecule has 0 aliphatic heterocycles. The zero-order valence-corrected chi connectivity index (χ0v) is 14.3. The van der Waals surface area contributed by atoms with Crippen molar-refractivity contribution in [2.45, 2.75) is 6.92 Å². The van der Waals surface area contributed by atoms with E-state index in [9.17, 15) is 4.79 Å². The molecule has 1 amide bonds. The molecule has 3 aromatic rings. The predicted octanol–water partition coefficient (Wildman–Crippen LogP) is 5.88. The molecule has 3 rings (SSSR count). The molecule has 0 unspecified atom stereocenters. The highest BCUT2D eigenvalue weighted by molar-refractivity contribution is 9.10. The maximum atomic E-state index is 12.5.